The predicted molar refractivity (Wildman–Crippen MR) is 126 cm³/mol. The first-order chi connectivity index (χ1) is 15.4. The Hall–Kier alpha value is -2.66. The summed E-state index contributed by atoms with van der Waals surface area (Å²) in [5, 5.41) is 5.77. The minimum atomic E-state index is -3.50. The largest absolute Gasteiger partial charge is 0.451 e. The number of carbonyl (C=O) groups excluding carboxylic acids is 1. The Kier molecular flexibility index (Phi) is 6.66. The maximum Gasteiger partial charge on any atom is 0.287 e. The van der Waals surface area contributed by atoms with Gasteiger partial charge in [0.05, 0.1) is 4.90 Å². The molecule has 4 rings (SSSR count). The molecule has 0 saturated heterocycles. The monoisotopic (exact) mass is 487 g/mol. The van der Waals surface area contributed by atoms with Crippen molar-refractivity contribution in [3.8, 4) is 0 Å². The maximum absolute atomic E-state index is 13.0. The summed E-state index contributed by atoms with van der Waals surface area (Å²) < 4.78 is 32.8. The van der Waals surface area contributed by atoms with Crippen molar-refractivity contribution < 1.29 is 17.6 Å². The third-order valence-corrected chi connectivity index (χ3v) is 8.39. The standard InChI is InChI=1S/C22H21N3O4S3/c1-14-12-30-22(25-14)31-13-18-17-5-3-4-6-19(17)29-20(18)21(26)24-11-15-7-9-16(10-8-15)32(27,28)23-2/h3-10,12,23H,11,13H2,1-2H3,(H,24,26). The zero-order valence-corrected chi connectivity index (χ0v) is 19.9. The number of aromatic nitrogens is 1. The van der Waals surface area contributed by atoms with E-state index >= 15 is 0 Å². The summed E-state index contributed by atoms with van der Waals surface area (Å²) in [5.41, 5.74) is 3.23. The number of hydrogen-bond donors (Lipinski definition) is 2. The summed E-state index contributed by atoms with van der Waals surface area (Å²) in [5.74, 6) is 0.518. The molecule has 0 saturated carbocycles. The summed E-state index contributed by atoms with van der Waals surface area (Å²) in [6.45, 7) is 2.20. The summed E-state index contributed by atoms with van der Waals surface area (Å²) >= 11 is 3.15. The zero-order valence-electron chi connectivity index (χ0n) is 17.4. The molecule has 1 amide bonds. The van der Waals surface area contributed by atoms with Crippen molar-refractivity contribution in [2.45, 2.75) is 28.5 Å². The van der Waals surface area contributed by atoms with Crippen molar-refractivity contribution in [2.75, 3.05) is 7.05 Å². The van der Waals surface area contributed by atoms with Gasteiger partial charge in [-0.1, -0.05) is 42.1 Å². The molecule has 0 fully saturated rings. The topological polar surface area (TPSA) is 101 Å². The minimum Gasteiger partial charge on any atom is -0.451 e. The van der Waals surface area contributed by atoms with Gasteiger partial charge in [-0.15, -0.1) is 11.3 Å². The van der Waals surface area contributed by atoms with E-state index in [9.17, 15) is 13.2 Å². The summed E-state index contributed by atoms with van der Waals surface area (Å²) in [6, 6.07) is 13.9. The first kappa shape index (κ1) is 22.5. The SMILES string of the molecule is CNS(=O)(=O)c1ccc(CNC(=O)c2oc3ccccc3c2CSc2nc(C)cs2)cc1. The van der Waals surface area contributed by atoms with Crippen LogP contribution in [0.1, 0.15) is 27.4 Å². The molecule has 0 unspecified atom stereocenters. The lowest BCUT2D eigenvalue weighted by Crippen LogP contribution is -2.23. The van der Waals surface area contributed by atoms with Gasteiger partial charge in [0.15, 0.2) is 5.76 Å². The Balaban J connectivity index is 1.51. The molecular weight excluding hydrogens is 466 g/mol. The molecule has 7 nitrogen and oxygen atoms in total. The first-order valence-corrected chi connectivity index (χ1v) is 13.1. The third-order valence-electron chi connectivity index (χ3n) is 4.80. The summed E-state index contributed by atoms with van der Waals surface area (Å²) in [7, 11) is -2.13. The van der Waals surface area contributed by atoms with Crippen LogP contribution in [-0.4, -0.2) is 26.4 Å². The van der Waals surface area contributed by atoms with E-state index in [2.05, 4.69) is 15.0 Å². The Labute approximate surface area is 194 Å². The molecule has 166 valence electrons. The number of nitrogens with zero attached hydrogens (tertiary/aromatic N) is 1. The molecule has 4 aromatic rings. The van der Waals surface area contributed by atoms with Gasteiger partial charge < -0.3 is 9.73 Å². The van der Waals surface area contributed by atoms with E-state index in [4.69, 9.17) is 4.42 Å². The fraction of sp³-hybridized carbons (Fsp3) is 0.182. The molecule has 0 atom stereocenters. The highest BCUT2D eigenvalue weighted by Crippen LogP contribution is 2.33. The molecule has 2 N–H and O–H groups in total. The number of para-hydroxylation sites is 1. The molecule has 0 radical (unpaired) electrons. The average Bonchev–Trinajstić information content (AvgIpc) is 3.39. The van der Waals surface area contributed by atoms with Crippen LogP contribution in [0.4, 0.5) is 0 Å². The number of furan rings is 1. The van der Waals surface area contributed by atoms with Crippen LogP contribution >= 0.6 is 23.1 Å². The number of nitrogens with one attached hydrogen (secondary N) is 2. The average molecular weight is 488 g/mol. The number of amides is 1. The lowest BCUT2D eigenvalue weighted by atomic mass is 10.1. The molecule has 2 aromatic heterocycles. The molecule has 0 spiro atoms. The fourth-order valence-electron chi connectivity index (χ4n) is 3.13. The van der Waals surface area contributed by atoms with Gasteiger partial charge in [-0.3, -0.25) is 4.79 Å². The summed E-state index contributed by atoms with van der Waals surface area (Å²) in [6.07, 6.45) is 0. The number of carbonyl (C=O) groups is 1. The molecule has 2 heterocycles. The van der Waals surface area contributed by atoms with E-state index < -0.39 is 10.0 Å². The van der Waals surface area contributed by atoms with Crippen molar-refractivity contribution in [1.29, 1.82) is 0 Å². The lowest BCUT2D eigenvalue weighted by Gasteiger charge is -2.07. The molecular formula is C22H21N3O4S3. The van der Waals surface area contributed by atoms with Crippen molar-refractivity contribution in [1.82, 2.24) is 15.0 Å². The Morgan fingerprint density at radius 2 is 1.91 bits per heavy atom. The number of sulfonamides is 1. The fourth-order valence-corrected chi connectivity index (χ4v) is 5.73. The van der Waals surface area contributed by atoms with E-state index in [1.54, 1.807) is 35.2 Å². The lowest BCUT2D eigenvalue weighted by molar-refractivity contribution is 0.0924. The Morgan fingerprint density at radius 3 is 2.59 bits per heavy atom. The molecule has 32 heavy (non-hydrogen) atoms. The second-order valence-corrected chi connectivity index (χ2v) is 11.0. The van der Waals surface area contributed by atoms with Gasteiger partial charge in [0.25, 0.3) is 5.91 Å². The van der Waals surface area contributed by atoms with Gasteiger partial charge in [0.1, 0.15) is 9.92 Å². The van der Waals surface area contributed by atoms with Crippen molar-refractivity contribution in [2.24, 2.45) is 0 Å². The predicted octanol–water partition coefficient (Wildman–Crippen LogP) is 4.33. The zero-order chi connectivity index (χ0) is 22.7. The van der Waals surface area contributed by atoms with Gasteiger partial charge in [0, 0.05) is 34.3 Å². The van der Waals surface area contributed by atoms with Crippen LogP contribution in [0.2, 0.25) is 0 Å². The van der Waals surface area contributed by atoms with Crippen molar-refractivity contribution in [3.63, 3.8) is 0 Å². The van der Waals surface area contributed by atoms with Gasteiger partial charge in [-0.05, 0) is 37.7 Å². The van der Waals surface area contributed by atoms with E-state index in [1.807, 2.05) is 36.6 Å². The first-order valence-electron chi connectivity index (χ1n) is 9.73. The van der Waals surface area contributed by atoms with Crippen LogP contribution < -0.4 is 10.0 Å². The molecule has 0 aliphatic heterocycles. The number of fused-ring (bicyclic) bond motifs is 1. The van der Waals surface area contributed by atoms with Crippen LogP contribution in [0.5, 0.6) is 0 Å². The molecule has 0 aliphatic rings. The van der Waals surface area contributed by atoms with Gasteiger partial charge in [-0.25, -0.2) is 18.1 Å². The minimum absolute atomic E-state index is 0.170. The van der Waals surface area contributed by atoms with Crippen molar-refractivity contribution >= 4 is 50.0 Å². The number of thiazole rings is 1. The second kappa shape index (κ2) is 9.45. The van der Waals surface area contributed by atoms with Crippen molar-refractivity contribution in [3.05, 3.63) is 76.5 Å². The molecule has 2 aromatic carbocycles. The molecule has 0 bridgehead atoms. The number of thioether (sulfide) groups is 1. The number of hydrogen-bond acceptors (Lipinski definition) is 7. The Bertz CT molecular complexity index is 1360. The van der Waals surface area contributed by atoms with Crippen LogP contribution in [-0.2, 0) is 22.3 Å². The molecule has 0 aliphatic carbocycles. The highest BCUT2D eigenvalue weighted by Gasteiger charge is 2.21. The molecule has 10 heteroatoms. The van der Waals surface area contributed by atoms with Crippen LogP contribution in [0.3, 0.4) is 0 Å². The van der Waals surface area contributed by atoms with Gasteiger partial charge >= 0.3 is 0 Å². The van der Waals surface area contributed by atoms with Crippen LogP contribution in [0.25, 0.3) is 11.0 Å². The highest BCUT2D eigenvalue weighted by atomic mass is 32.2. The van der Waals surface area contributed by atoms with E-state index in [-0.39, 0.29) is 23.1 Å². The van der Waals surface area contributed by atoms with E-state index in [0.29, 0.717) is 11.3 Å². The normalized spacial score (nSPS) is 11.7. The van der Waals surface area contributed by atoms with Crippen LogP contribution in [0, 0.1) is 6.92 Å². The van der Waals surface area contributed by atoms with Gasteiger partial charge in [-0.2, -0.15) is 0 Å². The Morgan fingerprint density at radius 1 is 1.16 bits per heavy atom. The van der Waals surface area contributed by atoms with E-state index in [0.717, 1.165) is 26.5 Å². The summed E-state index contributed by atoms with van der Waals surface area (Å²) in [4.78, 5) is 17.6. The van der Waals surface area contributed by atoms with E-state index in [1.165, 1.54) is 19.2 Å². The van der Waals surface area contributed by atoms with Gasteiger partial charge in [0.2, 0.25) is 10.0 Å². The second-order valence-electron chi connectivity index (χ2n) is 6.98. The number of rotatable bonds is 8. The quantitative estimate of drug-likeness (QED) is 0.359. The maximum atomic E-state index is 13.0. The van der Waals surface area contributed by atoms with Crippen LogP contribution in [0.15, 0.2) is 67.6 Å². The third kappa shape index (κ3) is 4.88. The number of benzene rings is 2. The smallest absolute Gasteiger partial charge is 0.287 e. The highest BCUT2D eigenvalue weighted by molar-refractivity contribution is 8.00. The number of aryl methyl sites for hydroxylation is 1.